The number of nitrogens with one attached hydrogen (secondary N) is 1. The highest BCUT2D eigenvalue weighted by Gasteiger charge is 2.23. The van der Waals surface area contributed by atoms with Crippen LogP contribution < -0.4 is 10.2 Å². The van der Waals surface area contributed by atoms with E-state index in [0.717, 1.165) is 51.4 Å². The maximum atomic E-state index is 13.0. The average molecular weight is 1070 g/mol. The van der Waals surface area contributed by atoms with Crippen molar-refractivity contribution in [1.29, 1.82) is 0 Å². The fourth-order valence-corrected chi connectivity index (χ4v) is 10.1. The molecule has 9 heteroatoms. The number of phosphoric ester groups is 1. The van der Waals surface area contributed by atoms with Crippen LogP contribution in [-0.4, -0.2) is 68.5 Å². The first-order chi connectivity index (χ1) is 36.5. The van der Waals surface area contributed by atoms with Crippen molar-refractivity contribution in [1.82, 2.24) is 5.32 Å². The second-order valence-electron chi connectivity index (χ2n) is 23.1. The van der Waals surface area contributed by atoms with Gasteiger partial charge in [-0.3, -0.25) is 9.36 Å². The zero-order chi connectivity index (χ0) is 54.9. The van der Waals surface area contributed by atoms with E-state index in [2.05, 4.69) is 67.8 Å². The fourth-order valence-electron chi connectivity index (χ4n) is 9.39. The zero-order valence-electron chi connectivity index (χ0n) is 50.3. The number of phosphoric acid groups is 1. The van der Waals surface area contributed by atoms with E-state index in [0.29, 0.717) is 17.4 Å². The van der Waals surface area contributed by atoms with Crippen LogP contribution in [0.1, 0.15) is 303 Å². The number of unbranched alkanes of at least 4 members (excludes halogenated alkanes) is 38. The van der Waals surface area contributed by atoms with E-state index < -0.39 is 26.6 Å². The standard InChI is InChI=1S/C66H125N2O6P/c1-6-8-10-12-14-16-18-20-22-24-26-28-30-32-33-34-36-37-39-41-43-45-47-49-51-53-55-57-59-65(69)64(63-74-75(71,72)73-62-61-68(3,4)5)67-66(70)60-58-56-54-52-50-48-46-44-42-40-38-35-31-29-27-25-23-21-19-17-15-13-11-9-7-2/h19,21,25,27,41,43,49,51,57,59,64-65,69H,6-18,20,22-24,26,28-40,42,44-48,50,52-56,58,60-63H2,1-5H3,(H-,67,70,71,72)/b21-19-,27-25-,43-41+,51-49+,59-57+. The number of aliphatic hydroxyl groups excluding tert-OH is 1. The van der Waals surface area contributed by atoms with Gasteiger partial charge in [0, 0.05) is 6.42 Å². The van der Waals surface area contributed by atoms with Crippen LogP contribution in [0.3, 0.4) is 0 Å². The highest BCUT2D eigenvalue weighted by atomic mass is 31.2. The van der Waals surface area contributed by atoms with Crippen LogP contribution >= 0.6 is 7.82 Å². The molecule has 0 rings (SSSR count). The van der Waals surface area contributed by atoms with Gasteiger partial charge in [0.05, 0.1) is 39.9 Å². The lowest BCUT2D eigenvalue weighted by molar-refractivity contribution is -0.870. The Kier molecular flexibility index (Phi) is 55.5. The van der Waals surface area contributed by atoms with E-state index in [1.54, 1.807) is 6.08 Å². The molecule has 0 aliphatic carbocycles. The van der Waals surface area contributed by atoms with Crippen LogP contribution in [0.2, 0.25) is 0 Å². The molecule has 440 valence electrons. The molecule has 0 aromatic heterocycles. The molecule has 1 amide bonds. The van der Waals surface area contributed by atoms with Crippen LogP contribution in [0.15, 0.2) is 60.8 Å². The molecule has 75 heavy (non-hydrogen) atoms. The van der Waals surface area contributed by atoms with Gasteiger partial charge >= 0.3 is 0 Å². The lowest BCUT2D eigenvalue weighted by atomic mass is 10.0. The molecule has 0 aliphatic rings. The predicted octanol–water partition coefficient (Wildman–Crippen LogP) is 19.4. The van der Waals surface area contributed by atoms with Gasteiger partial charge in [-0.25, -0.2) is 0 Å². The van der Waals surface area contributed by atoms with Crippen molar-refractivity contribution in [3.63, 3.8) is 0 Å². The summed E-state index contributed by atoms with van der Waals surface area (Å²) in [7, 11) is 1.24. The summed E-state index contributed by atoms with van der Waals surface area (Å²) < 4.78 is 23.4. The molecular weight excluding hydrogens is 948 g/mol. The van der Waals surface area contributed by atoms with Crippen molar-refractivity contribution < 1.29 is 32.9 Å². The first kappa shape index (κ1) is 73.2. The summed E-state index contributed by atoms with van der Waals surface area (Å²) in [4.78, 5) is 25.6. The minimum atomic E-state index is -4.62. The Morgan fingerprint density at radius 2 is 0.787 bits per heavy atom. The topological polar surface area (TPSA) is 108 Å². The van der Waals surface area contributed by atoms with Gasteiger partial charge in [-0.05, 0) is 77.0 Å². The summed E-state index contributed by atoms with van der Waals surface area (Å²) in [5.74, 6) is -0.210. The maximum Gasteiger partial charge on any atom is 0.268 e. The van der Waals surface area contributed by atoms with Gasteiger partial charge in [0.2, 0.25) is 5.91 Å². The number of aliphatic hydroxyl groups is 1. The molecule has 3 unspecified atom stereocenters. The quantitative estimate of drug-likeness (QED) is 0.0272. The first-order valence-corrected chi connectivity index (χ1v) is 33.6. The van der Waals surface area contributed by atoms with Gasteiger partial charge in [0.15, 0.2) is 0 Å². The normalized spacial score (nSPS) is 14.2. The molecule has 0 bridgehead atoms. The number of hydrogen-bond acceptors (Lipinski definition) is 6. The van der Waals surface area contributed by atoms with E-state index in [9.17, 15) is 19.4 Å². The molecular formula is C66H125N2O6P. The predicted molar refractivity (Wildman–Crippen MR) is 325 cm³/mol. The lowest BCUT2D eigenvalue weighted by Crippen LogP contribution is -2.45. The molecule has 0 aromatic rings. The number of nitrogens with zero attached hydrogens (tertiary/aromatic N) is 1. The number of amides is 1. The summed E-state index contributed by atoms with van der Waals surface area (Å²) in [5.41, 5.74) is 0. The number of carbonyl (C=O) groups excluding carboxylic acids is 1. The number of carbonyl (C=O) groups is 1. The van der Waals surface area contributed by atoms with Crippen LogP contribution in [0.4, 0.5) is 0 Å². The van der Waals surface area contributed by atoms with Crippen molar-refractivity contribution >= 4 is 13.7 Å². The summed E-state index contributed by atoms with van der Waals surface area (Å²) in [6.45, 7) is 4.64. The van der Waals surface area contributed by atoms with Gasteiger partial charge in [-0.15, -0.1) is 0 Å². The monoisotopic (exact) mass is 1070 g/mol. The molecule has 0 saturated carbocycles. The van der Waals surface area contributed by atoms with E-state index in [4.69, 9.17) is 9.05 Å². The highest BCUT2D eigenvalue weighted by molar-refractivity contribution is 7.45. The molecule has 8 nitrogen and oxygen atoms in total. The second-order valence-corrected chi connectivity index (χ2v) is 24.5. The first-order valence-electron chi connectivity index (χ1n) is 32.2. The number of hydrogen-bond donors (Lipinski definition) is 2. The molecule has 0 aliphatic heterocycles. The lowest BCUT2D eigenvalue weighted by Gasteiger charge is -2.29. The van der Waals surface area contributed by atoms with Gasteiger partial charge in [-0.2, -0.15) is 0 Å². The minimum Gasteiger partial charge on any atom is -0.756 e. The third-order valence-electron chi connectivity index (χ3n) is 14.4. The zero-order valence-corrected chi connectivity index (χ0v) is 51.1. The van der Waals surface area contributed by atoms with Crippen LogP contribution in [-0.2, 0) is 18.4 Å². The Morgan fingerprint density at radius 3 is 1.16 bits per heavy atom. The number of likely N-dealkylation sites (N-methyl/N-ethyl adjacent to an activating group) is 1. The number of allylic oxidation sites excluding steroid dienone is 9. The van der Waals surface area contributed by atoms with Gasteiger partial charge in [0.1, 0.15) is 13.2 Å². The Hall–Kier alpha value is -1.80. The summed E-state index contributed by atoms with van der Waals surface area (Å²) in [6.07, 6.45) is 77.5. The number of rotatable bonds is 59. The molecule has 3 atom stereocenters. The largest absolute Gasteiger partial charge is 0.756 e. The molecule has 0 saturated heterocycles. The molecule has 0 aromatic carbocycles. The molecule has 2 N–H and O–H groups in total. The second kappa shape index (κ2) is 56.9. The third-order valence-corrected chi connectivity index (χ3v) is 15.4. The van der Waals surface area contributed by atoms with Crippen LogP contribution in [0.5, 0.6) is 0 Å². The van der Waals surface area contributed by atoms with E-state index in [1.807, 2.05) is 27.2 Å². The highest BCUT2D eigenvalue weighted by Crippen LogP contribution is 2.38. The van der Waals surface area contributed by atoms with Gasteiger partial charge < -0.3 is 28.8 Å². The summed E-state index contributed by atoms with van der Waals surface area (Å²) in [6, 6.07) is -0.913. The van der Waals surface area contributed by atoms with Crippen molar-refractivity contribution in [2.75, 3.05) is 40.9 Å². The molecule has 0 radical (unpaired) electrons. The summed E-state index contributed by atoms with van der Waals surface area (Å²) >= 11 is 0. The van der Waals surface area contributed by atoms with Crippen molar-refractivity contribution in [3.8, 4) is 0 Å². The van der Waals surface area contributed by atoms with Gasteiger partial charge in [-0.1, -0.05) is 280 Å². The Morgan fingerprint density at radius 1 is 0.467 bits per heavy atom. The third kappa shape index (κ3) is 59.7. The fraction of sp³-hybridized carbons (Fsp3) is 0.833. The van der Waals surface area contributed by atoms with Crippen molar-refractivity contribution in [2.45, 2.75) is 315 Å². The van der Waals surface area contributed by atoms with E-state index in [-0.39, 0.29) is 12.5 Å². The van der Waals surface area contributed by atoms with E-state index in [1.165, 1.54) is 231 Å². The van der Waals surface area contributed by atoms with Crippen LogP contribution in [0.25, 0.3) is 0 Å². The van der Waals surface area contributed by atoms with E-state index >= 15 is 0 Å². The molecule has 0 spiro atoms. The summed E-state index contributed by atoms with van der Waals surface area (Å²) in [5, 5.41) is 13.9. The smallest absolute Gasteiger partial charge is 0.268 e. The van der Waals surface area contributed by atoms with Crippen LogP contribution in [0, 0.1) is 0 Å². The maximum absolute atomic E-state index is 13.0. The molecule has 0 fully saturated rings. The average Bonchev–Trinajstić information content (AvgIpc) is 3.37. The Bertz CT molecular complexity index is 1400. The molecule has 0 heterocycles. The Labute approximate surface area is 466 Å². The van der Waals surface area contributed by atoms with Crippen molar-refractivity contribution in [3.05, 3.63) is 60.8 Å². The van der Waals surface area contributed by atoms with Crippen molar-refractivity contribution in [2.24, 2.45) is 0 Å². The van der Waals surface area contributed by atoms with Gasteiger partial charge in [0.25, 0.3) is 7.82 Å². The SMILES string of the molecule is CCCCCCC/C=C\C/C=C\CCCCCCCCCCCCCCCC(=O)NC(COP(=O)([O-])OCC[N+](C)(C)C)C(O)/C=C/CC/C=C/CC/C=C/CCCCCCCCCCCCCCCCCCCC. The number of quaternary nitrogens is 1. The Balaban J connectivity index is 4.21. The minimum absolute atomic E-state index is 0.0101.